The predicted molar refractivity (Wildman–Crippen MR) is 95.0 cm³/mol. The van der Waals surface area contributed by atoms with E-state index in [0.717, 1.165) is 44.0 Å². The number of hydrogen-bond acceptors (Lipinski definition) is 4. The summed E-state index contributed by atoms with van der Waals surface area (Å²) in [5.74, 6) is 0.217. The largest absolute Gasteiger partial charge is 0.337 e. The number of rotatable bonds is 3. The Morgan fingerprint density at radius 1 is 1.33 bits per heavy atom. The number of piperidine rings is 1. The van der Waals surface area contributed by atoms with Crippen LogP contribution in [0.25, 0.3) is 0 Å². The fourth-order valence-electron chi connectivity index (χ4n) is 4.24. The van der Waals surface area contributed by atoms with Gasteiger partial charge in [0.25, 0.3) is 5.91 Å². The predicted octanol–water partition coefficient (Wildman–Crippen LogP) is 2.61. The Hall–Kier alpha value is -1.66. The lowest BCUT2D eigenvalue weighted by Gasteiger charge is -2.40. The number of hydrogen-bond donors (Lipinski definition) is 0. The van der Waals surface area contributed by atoms with Gasteiger partial charge in [0.15, 0.2) is 0 Å². The summed E-state index contributed by atoms with van der Waals surface area (Å²) in [5.41, 5.74) is 1.56. The van der Waals surface area contributed by atoms with E-state index in [0.29, 0.717) is 0 Å². The van der Waals surface area contributed by atoms with Crippen LogP contribution < -0.4 is 0 Å². The highest BCUT2D eigenvalue weighted by atomic mass is 32.1. The SMILES string of the molecule is Cn1cc(CN2CC[C@@]3(CCCN(C(=O)c4cccs4)C3)C2)cn1. The maximum Gasteiger partial charge on any atom is 0.263 e. The summed E-state index contributed by atoms with van der Waals surface area (Å²) in [4.78, 5) is 18.2. The molecule has 0 aliphatic carbocycles. The molecule has 0 unspecified atom stereocenters. The van der Waals surface area contributed by atoms with Crippen molar-refractivity contribution in [1.29, 1.82) is 0 Å². The Bertz CT molecular complexity index is 710. The quantitative estimate of drug-likeness (QED) is 0.859. The van der Waals surface area contributed by atoms with E-state index in [9.17, 15) is 4.79 Å². The van der Waals surface area contributed by atoms with Gasteiger partial charge in [0.1, 0.15) is 0 Å². The van der Waals surface area contributed by atoms with Crippen LogP contribution in [0.1, 0.15) is 34.5 Å². The van der Waals surface area contributed by atoms with E-state index >= 15 is 0 Å². The van der Waals surface area contributed by atoms with E-state index in [1.807, 2.05) is 35.4 Å². The minimum Gasteiger partial charge on any atom is -0.337 e. The van der Waals surface area contributed by atoms with E-state index in [4.69, 9.17) is 0 Å². The molecule has 2 aromatic rings. The average Bonchev–Trinajstić information content (AvgIpc) is 3.30. The fourth-order valence-corrected chi connectivity index (χ4v) is 4.94. The summed E-state index contributed by atoms with van der Waals surface area (Å²) < 4.78 is 1.86. The molecule has 6 heteroatoms. The van der Waals surface area contributed by atoms with Crippen molar-refractivity contribution >= 4 is 17.2 Å². The molecule has 4 rings (SSSR count). The molecule has 1 atom stereocenters. The topological polar surface area (TPSA) is 41.4 Å². The summed E-state index contributed by atoms with van der Waals surface area (Å²) in [5, 5.41) is 6.25. The number of aryl methyl sites for hydroxylation is 1. The highest BCUT2D eigenvalue weighted by molar-refractivity contribution is 7.12. The third-order valence-corrected chi connectivity index (χ3v) is 6.22. The summed E-state index contributed by atoms with van der Waals surface area (Å²) in [6.45, 7) is 4.99. The molecule has 1 amide bonds. The number of nitrogens with zero attached hydrogens (tertiary/aromatic N) is 4. The van der Waals surface area contributed by atoms with Crippen LogP contribution in [0.15, 0.2) is 29.9 Å². The molecule has 2 aliphatic rings. The zero-order chi connectivity index (χ0) is 16.6. The molecule has 2 aliphatic heterocycles. The highest BCUT2D eigenvalue weighted by Crippen LogP contribution is 2.39. The van der Waals surface area contributed by atoms with Gasteiger partial charge in [-0.2, -0.15) is 5.10 Å². The lowest BCUT2D eigenvalue weighted by atomic mass is 9.79. The van der Waals surface area contributed by atoms with Gasteiger partial charge < -0.3 is 4.90 Å². The molecule has 1 spiro atoms. The number of likely N-dealkylation sites (tertiary alicyclic amines) is 2. The smallest absolute Gasteiger partial charge is 0.263 e. The first-order valence-electron chi connectivity index (χ1n) is 8.66. The van der Waals surface area contributed by atoms with Crippen LogP contribution in [0.5, 0.6) is 0 Å². The van der Waals surface area contributed by atoms with Crippen molar-refractivity contribution in [3.05, 3.63) is 40.3 Å². The van der Waals surface area contributed by atoms with Crippen LogP contribution in [0, 0.1) is 5.41 Å². The molecule has 2 aromatic heterocycles. The lowest BCUT2D eigenvalue weighted by Crippen LogP contribution is -2.47. The molecule has 0 aromatic carbocycles. The van der Waals surface area contributed by atoms with Crippen LogP contribution in [-0.2, 0) is 13.6 Å². The molecule has 0 bridgehead atoms. The van der Waals surface area contributed by atoms with E-state index in [1.165, 1.54) is 18.4 Å². The van der Waals surface area contributed by atoms with Crippen LogP contribution in [0.3, 0.4) is 0 Å². The number of amides is 1. The third kappa shape index (κ3) is 3.13. The number of carbonyl (C=O) groups excluding carboxylic acids is 1. The number of aromatic nitrogens is 2. The molecular weight excluding hydrogens is 320 g/mol. The van der Waals surface area contributed by atoms with E-state index in [2.05, 4.69) is 21.1 Å². The zero-order valence-electron chi connectivity index (χ0n) is 14.1. The Morgan fingerprint density at radius 3 is 3.00 bits per heavy atom. The van der Waals surface area contributed by atoms with Crippen molar-refractivity contribution in [2.24, 2.45) is 12.5 Å². The van der Waals surface area contributed by atoms with Crippen molar-refractivity contribution in [3.8, 4) is 0 Å². The number of carbonyl (C=O) groups is 1. The standard InChI is InChI=1S/C18H24N4OS/c1-20-11-15(10-19-20)12-21-8-6-18(13-21)5-3-7-22(14-18)17(23)16-4-2-9-24-16/h2,4,9-11H,3,5-8,12-14H2,1H3/t18-/m0/s1. The fraction of sp³-hybridized carbons (Fsp3) is 0.556. The van der Waals surface area contributed by atoms with Gasteiger partial charge in [0.2, 0.25) is 0 Å². The van der Waals surface area contributed by atoms with Crippen molar-refractivity contribution in [2.75, 3.05) is 26.2 Å². The normalized spacial score (nSPS) is 24.8. The molecule has 0 saturated carbocycles. The maximum absolute atomic E-state index is 12.7. The van der Waals surface area contributed by atoms with E-state index in [1.54, 1.807) is 11.3 Å². The van der Waals surface area contributed by atoms with Crippen molar-refractivity contribution in [3.63, 3.8) is 0 Å². The van der Waals surface area contributed by atoms with Gasteiger partial charge in [-0.25, -0.2) is 0 Å². The summed E-state index contributed by atoms with van der Waals surface area (Å²) >= 11 is 1.55. The van der Waals surface area contributed by atoms with Crippen LogP contribution in [0.2, 0.25) is 0 Å². The first-order valence-corrected chi connectivity index (χ1v) is 9.54. The molecule has 24 heavy (non-hydrogen) atoms. The molecule has 0 radical (unpaired) electrons. The summed E-state index contributed by atoms with van der Waals surface area (Å²) in [6, 6.07) is 3.90. The minimum absolute atomic E-state index is 0.217. The number of thiophene rings is 1. The van der Waals surface area contributed by atoms with Gasteiger partial charge in [-0.15, -0.1) is 11.3 Å². The van der Waals surface area contributed by atoms with Crippen molar-refractivity contribution in [2.45, 2.75) is 25.8 Å². The summed E-state index contributed by atoms with van der Waals surface area (Å²) in [6.07, 6.45) is 7.61. The van der Waals surface area contributed by atoms with Gasteiger partial charge in [-0.1, -0.05) is 6.07 Å². The maximum atomic E-state index is 12.7. The van der Waals surface area contributed by atoms with Crippen LogP contribution >= 0.6 is 11.3 Å². The van der Waals surface area contributed by atoms with Crippen LogP contribution in [0.4, 0.5) is 0 Å². The monoisotopic (exact) mass is 344 g/mol. The Morgan fingerprint density at radius 2 is 2.25 bits per heavy atom. The first-order chi connectivity index (χ1) is 11.6. The van der Waals surface area contributed by atoms with Gasteiger partial charge in [0, 0.05) is 50.4 Å². The van der Waals surface area contributed by atoms with Crippen molar-refractivity contribution in [1.82, 2.24) is 19.6 Å². The molecule has 2 saturated heterocycles. The van der Waals surface area contributed by atoms with Gasteiger partial charge in [-0.3, -0.25) is 14.4 Å². The minimum atomic E-state index is 0.217. The molecule has 4 heterocycles. The third-order valence-electron chi connectivity index (χ3n) is 5.36. The second-order valence-corrected chi connectivity index (χ2v) is 8.24. The first kappa shape index (κ1) is 15.8. The second-order valence-electron chi connectivity index (χ2n) is 7.29. The lowest BCUT2D eigenvalue weighted by molar-refractivity contribution is 0.0531. The highest BCUT2D eigenvalue weighted by Gasteiger charge is 2.42. The van der Waals surface area contributed by atoms with Crippen LogP contribution in [-0.4, -0.2) is 51.7 Å². The molecule has 0 N–H and O–H groups in total. The zero-order valence-corrected chi connectivity index (χ0v) is 15.0. The summed E-state index contributed by atoms with van der Waals surface area (Å²) in [7, 11) is 1.96. The Labute approximate surface area is 146 Å². The van der Waals surface area contributed by atoms with Crippen molar-refractivity contribution < 1.29 is 4.79 Å². The van der Waals surface area contributed by atoms with E-state index in [-0.39, 0.29) is 11.3 Å². The Kier molecular flexibility index (Phi) is 4.18. The van der Waals surface area contributed by atoms with E-state index < -0.39 is 0 Å². The molecule has 128 valence electrons. The van der Waals surface area contributed by atoms with Gasteiger partial charge >= 0.3 is 0 Å². The molecule has 5 nitrogen and oxygen atoms in total. The molecule has 2 fully saturated rings. The van der Waals surface area contributed by atoms with Gasteiger partial charge in [-0.05, 0) is 37.3 Å². The Balaban J connectivity index is 1.41. The second kappa shape index (κ2) is 6.33. The average molecular weight is 344 g/mol. The molecular formula is C18H24N4OS. The van der Waals surface area contributed by atoms with Gasteiger partial charge in [0.05, 0.1) is 11.1 Å².